The monoisotopic (exact) mass is 370 g/mol. The summed E-state index contributed by atoms with van der Waals surface area (Å²) in [4.78, 5) is 15.4. The number of fused-ring (bicyclic) bond motifs is 1. The Balaban J connectivity index is 2.23. The van der Waals surface area contributed by atoms with Crippen molar-refractivity contribution in [2.45, 2.75) is 33.2 Å². The van der Waals surface area contributed by atoms with Gasteiger partial charge < -0.3 is 15.1 Å². The second kappa shape index (κ2) is 7.98. The van der Waals surface area contributed by atoms with Crippen LogP contribution in [0, 0.1) is 36.5 Å². The summed E-state index contributed by atoms with van der Waals surface area (Å²) in [5, 5.41) is 10.4. The fourth-order valence-electron chi connectivity index (χ4n) is 3.56. The van der Waals surface area contributed by atoms with Crippen molar-refractivity contribution in [2.75, 3.05) is 5.73 Å². The molecule has 2 aromatic heterocycles. The van der Waals surface area contributed by atoms with E-state index in [1.165, 1.54) is 0 Å². The maximum absolute atomic E-state index is 11.1. The summed E-state index contributed by atoms with van der Waals surface area (Å²) >= 11 is 0. The SMILES string of the molecule is C#CC(C=O)CCn1cc(-c2cncc(N)c2CC)c2cc(C#N)c(C)cc21. The van der Waals surface area contributed by atoms with Crippen LogP contribution in [-0.2, 0) is 17.8 Å². The van der Waals surface area contributed by atoms with Crippen LogP contribution in [0.5, 0.6) is 0 Å². The molecule has 1 atom stereocenters. The molecule has 1 aromatic carbocycles. The Kier molecular flexibility index (Phi) is 5.47. The third kappa shape index (κ3) is 3.35. The second-order valence-corrected chi connectivity index (χ2v) is 6.84. The minimum Gasteiger partial charge on any atom is -0.397 e. The summed E-state index contributed by atoms with van der Waals surface area (Å²) in [5.41, 5.74) is 12.3. The minimum atomic E-state index is -0.416. The Hall–Kier alpha value is -3.57. The van der Waals surface area contributed by atoms with E-state index in [1.807, 2.05) is 31.5 Å². The van der Waals surface area contributed by atoms with Gasteiger partial charge >= 0.3 is 0 Å². The highest BCUT2D eigenvalue weighted by Gasteiger charge is 2.17. The van der Waals surface area contributed by atoms with E-state index in [0.717, 1.165) is 45.9 Å². The molecule has 5 heteroatoms. The van der Waals surface area contributed by atoms with Crippen molar-refractivity contribution >= 4 is 22.9 Å². The molecule has 0 spiro atoms. The summed E-state index contributed by atoms with van der Waals surface area (Å²) in [7, 11) is 0. The van der Waals surface area contributed by atoms with E-state index in [2.05, 4.69) is 28.5 Å². The zero-order valence-corrected chi connectivity index (χ0v) is 16.1. The van der Waals surface area contributed by atoms with Crippen LogP contribution in [0.1, 0.15) is 30.0 Å². The Bertz CT molecular complexity index is 1130. The van der Waals surface area contributed by atoms with Crippen LogP contribution in [-0.4, -0.2) is 15.8 Å². The number of hydrogen-bond acceptors (Lipinski definition) is 4. The van der Waals surface area contributed by atoms with Gasteiger partial charge in [0.1, 0.15) is 6.29 Å². The van der Waals surface area contributed by atoms with Crippen molar-refractivity contribution in [2.24, 2.45) is 5.92 Å². The lowest BCUT2D eigenvalue weighted by Crippen LogP contribution is -2.05. The van der Waals surface area contributed by atoms with Crippen molar-refractivity contribution in [3.63, 3.8) is 0 Å². The summed E-state index contributed by atoms with van der Waals surface area (Å²) in [6.07, 6.45) is 13.1. The number of rotatable bonds is 6. The van der Waals surface area contributed by atoms with E-state index >= 15 is 0 Å². The van der Waals surface area contributed by atoms with Gasteiger partial charge in [-0.05, 0) is 43.0 Å². The van der Waals surface area contributed by atoms with Crippen LogP contribution < -0.4 is 5.73 Å². The average Bonchev–Trinajstić information content (AvgIpc) is 3.05. The highest BCUT2D eigenvalue weighted by Crippen LogP contribution is 2.36. The number of benzene rings is 1. The first kappa shape index (κ1) is 19.2. The molecule has 2 N–H and O–H groups in total. The van der Waals surface area contributed by atoms with Crippen LogP contribution >= 0.6 is 0 Å². The fraction of sp³-hybridized carbons (Fsp3) is 0.261. The van der Waals surface area contributed by atoms with E-state index in [-0.39, 0.29) is 0 Å². The van der Waals surface area contributed by atoms with Crippen LogP contribution in [0.15, 0.2) is 30.7 Å². The van der Waals surface area contributed by atoms with Gasteiger partial charge in [-0.15, -0.1) is 6.42 Å². The number of nitriles is 1. The molecular formula is C23H22N4O. The standard InChI is InChI=1S/C23H22N4O/c1-4-16(14-28)6-7-27-13-21(20-11-26-12-22(25)18(20)5-2)19-9-17(10-24)15(3)8-23(19)27/h1,8-9,11-14,16H,5-7,25H2,2-3H3. The number of pyridine rings is 1. The van der Waals surface area contributed by atoms with Gasteiger partial charge in [-0.1, -0.05) is 12.8 Å². The topological polar surface area (TPSA) is 84.7 Å². The van der Waals surface area contributed by atoms with Crippen LogP contribution in [0.25, 0.3) is 22.0 Å². The number of nitrogens with zero attached hydrogens (tertiary/aromatic N) is 3. The Morgan fingerprint density at radius 1 is 1.36 bits per heavy atom. The molecule has 0 amide bonds. The first-order valence-corrected chi connectivity index (χ1v) is 9.21. The summed E-state index contributed by atoms with van der Waals surface area (Å²) < 4.78 is 2.09. The predicted molar refractivity (Wildman–Crippen MR) is 111 cm³/mol. The van der Waals surface area contributed by atoms with Crippen molar-refractivity contribution in [1.82, 2.24) is 9.55 Å². The molecule has 0 bridgehead atoms. The number of nitrogen functional groups attached to an aromatic ring is 1. The number of anilines is 1. The number of aldehydes is 1. The summed E-state index contributed by atoms with van der Waals surface area (Å²) in [6, 6.07) is 6.18. The lowest BCUT2D eigenvalue weighted by molar-refractivity contribution is -0.109. The van der Waals surface area contributed by atoms with Crippen LogP contribution in [0.4, 0.5) is 5.69 Å². The first-order valence-electron chi connectivity index (χ1n) is 9.21. The van der Waals surface area contributed by atoms with E-state index in [0.29, 0.717) is 24.2 Å². The number of carbonyl (C=O) groups is 1. The largest absolute Gasteiger partial charge is 0.397 e. The molecule has 140 valence electrons. The van der Waals surface area contributed by atoms with Crippen molar-refractivity contribution < 1.29 is 4.79 Å². The number of hydrogen-bond donors (Lipinski definition) is 1. The molecule has 0 saturated carbocycles. The van der Waals surface area contributed by atoms with Gasteiger partial charge in [0.05, 0.1) is 29.4 Å². The molecule has 2 heterocycles. The molecule has 3 rings (SSSR count). The molecule has 28 heavy (non-hydrogen) atoms. The Labute approximate surface area is 164 Å². The maximum atomic E-state index is 11.1. The molecule has 0 fully saturated rings. The van der Waals surface area contributed by atoms with Gasteiger partial charge in [-0.25, -0.2) is 0 Å². The first-order chi connectivity index (χ1) is 13.5. The molecule has 0 aliphatic rings. The number of carbonyl (C=O) groups excluding carboxylic acids is 1. The van der Waals surface area contributed by atoms with Gasteiger partial charge in [-0.2, -0.15) is 5.26 Å². The van der Waals surface area contributed by atoms with Gasteiger partial charge in [0.2, 0.25) is 0 Å². The third-order valence-corrected chi connectivity index (χ3v) is 5.14. The zero-order chi connectivity index (χ0) is 20.3. The summed E-state index contributed by atoms with van der Waals surface area (Å²) in [5.74, 6) is 2.10. The number of terminal acetylenes is 1. The quantitative estimate of drug-likeness (QED) is 0.527. The van der Waals surface area contributed by atoms with Gasteiger partial charge in [0.15, 0.2) is 0 Å². The lowest BCUT2D eigenvalue weighted by Gasteiger charge is -2.09. The molecule has 5 nitrogen and oxygen atoms in total. The minimum absolute atomic E-state index is 0.416. The molecule has 0 radical (unpaired) electrons. The highest BCUT2D eigenvalue weighted by molar-refractivity contribution is 5.98. The fourth-order valence-corrected chi connectivity index (χ4v) is 3.56. The molecule has 0 aliphatic carbocycles. The molecular weight excluding hydrogens is 348 g/mol. The number of nitrogens with two attached hydrogens (primary N) is 1. The molecule has 0 saturated heterocycles. The molecule has 1 unspecified atom stereocenters. The van der Waals surface area contributed by atoms with Crippen molar-refractivity contribution in [3.8, 4) is 29.5 Å². The van der Waals surface area contributed by atoms with Gasteiger partial charge in [0.25, 0.3) is 0 Å². The van der Waals surface area contributed by atoms with Crippen LogP contribution in [0.3, 0.4) is 0 Å². The average molecular weight is 370 g/mol. The maximum Gasteiger partial charge on any atom is 0.135 e. The normalized spacial score (nSPS) is 11.7. The van der Waals surface area contributed by atoms with Crippen molar-refractivity contribution in [1.29, 1.82) is 5.26 Å². The molecule has 0 aliphatic heterocycles. The van der Waals surface area contributed by atoms with E-state index in [1.54, 1.807) is 6.20 Å². The van der Waals surface area contributed by atoms with E-state index in [4.69, 9.17) is 12.2 Å². The summed E-state index contributed by atoms with van der Waals surface area (Å²) in [6.45, 7) is 4.58. The van der Waals surface area contributed by atoms with E-state index < -0.39 is 5.92 Å². The second-order valence-electron chi connectivity index (χ2n) is 6.84. The molecule has 3 aromatic rings. The highest BCUT2D eigenvalue weighted by atomic mass is 16.1. The van der Waals surface area contributed by atoms with Gasteiger partial charge in [0, 0.05) is 41.0 Å². The zero-order valence-electron chi connectivity index (χ0n) is 16.1. The smallest absolute Gasteiger partial charge is 0.135 e. The number of aromatic nitrogens is 2. The lowest BCUT2D eigenvalue weighted by atomic mass is 9.97. The Morgan fingerprint density at radius 2 is 2.14 bits per heavy atom. The third-order valence-electron chi connectivity index (χ3n) is 5.14. The van der Waals surface area contributed by atoms with E-state index in [9.17, 15) is 10.1 Å². The van der Waals surface area contributed by atoms with Crippen LogP contribution in [0.2, 0.25) is 0 Å². The number of aryl methyl sites for hydroxylation is 2. The van der Waals surface area contributed by atoms with Crippen molar-refractivity contribution in [3.05, 3.63) is 47.4 Å². The Morgan fingerprint density at radius 3 is 2.79 bits per heavy atom. The van der Waals surface area contributed by atoms with Gasteiger partial charge in [-0.3, -0.25) is 4.98 Å². The predicted octanol–water partition coefficient (Wildman–Crippen LogP) is 3.87.